The molecular weight excluding hydrogens is 654 g/mol. The van der Waals surface area contributed by atoms with E-state index in [1.54, 1.807) is 48.8 Å². The van der Waals surface area contributed by atoms with Gasteiger partial charge in [-0.05, 0) is 48.0 Å². The molecule has 6 atom stereocenters. The molecule has 3 aromatic carbocycles. The van der Waals surface area contributed by atoms with Crippen LogP contribution < -0.4 is 4.74 Å². The van der Waals surface area contributed by atoms with Crippen LogP contribution in [0.15, 0.2) is 116 Å². The summed E-state index contributed by atoms with van der Waals surface area (Å²) in [5.41, 5.74) is 3.25. The van der Waals surface area contributed by atoms with Crippen LogP contribution in [0.5, 0.6) is 17.2 Å². The fourth-order valence-electron chi connectivity index (χ4n) is 6.22. The molecule has 1 unspecified atom stereocenters. The van der Waals surface area contributed by atoms with Gasteiger partial charge in [-0.2, -0.15) is 5.10 Å². The van der Waals surface area contributed by atoms with E-state index in [1.807, 2.05) is 71.5 Å². The second kappa shape index (κ2) is 16.9. The third-order valence-electron chi connectivity index (χ3n) is 8.97. The average molecular weight is 698 g/mol. The van der Waals surface area contributed by atoms with Crippen molar-refractivity contribution in [3.05, 3.63) is 138 Å². The van der Waals surface area contributed by atoms with Crippen molar-refractivity contribution in [3.63, 3.8) is 0 Å². The maximum absolute atomic E-state index is 10.6. The number of aliphatic hydroxyl groups is 4. The van der Waals surface area contributed by atoms with Gasteiger partial charge in [0.15, 0.2) is 0 Å². The minimum Gasteiger partial charge on any atom is -0.508 e. The SMILES string of the molecule is OC[C@H]1O[C@@H](Oc2ccc(C(N(CCN(Cc3ccccc3O)Cc3ccccc3O)Cc3ccccn3)n3cccn3)cc2)[C@H](O)[C@@H](O)[C@H]1O. The minimum atomic E-state index is -1.55. The first-order valence-electron chi connectivity index (χ1n) is 16.8. The van der Waals surface area contributed by atoms with Crippen LogP contribution in [0.3, 0.4) is 0 Å². The van der Waals surface area contributed by atoms with Gasteiger partial charge in [0.25, 0.3) is 0 Å². The van der Waals surface area contributed by atoms with E-state index in [1.165, 1.54) is 0 Å². The highest BCUT2D eigenvalue weighted by Gasteiger charge is 2.44. The molecule has 6 N–H and O–H groups in total. The molecule has 3 heterocycles. The van der Waals surface area contributed by atoms with E-state index in [-0.39, 0.29) is 11.5 Å². The predicted octanol–water partition coefficient (Wildman–Crippen LogP) is 2.62. The van der Waals surface area contributed by atoms with Crippen molar-refractivity contribution in [2.45, 2.75) is 56.5 Å². The Kier molecular flexibility index (Phi) is 11.9. The first kappa shape index (κ1) is 35.9. The van der Waals surface area contributed by atoms with Gasteiger partial charge in [-0.25, -0.2) is 0 Å². The summed E-state index contributed by atoms with van der Waals surface area (Å²) < 4.78 is 13.2. The number of nitrogens with zero attached hydrogens (tertiary/aromatic N) is 5. The van der Waals surface area contributed by atoms with E-state index in [2.05, 4.69) is 19.9 Å². The lowest BCUT2D eigenvalue weighted by atomic mass is 9.99. The van der Waals surface area contributed by atoms with Crippen LogP contribution in [0, 0.1) is 0 Å². The highest BCUT2D eigenvalue weighted by atomic mass is 16.7. The van der Waals surface area contributed by atoms with Gasteiger partial charge in [0, 0.05) is 62.4 Å². The first-order valence-corrected chi connectivity index (χ1v) is 16.8. The summed E-state index contributed by atoms with van der Waals surface area (Å²) >= 11 is 0. The Morgan fingerprint density at radius 2 is 1.39 bits per heavy atom. The monoisotopic (exact) mass is 697 g/mol. The topological polar surface area (TPSA) is 177 Å². The average Bonchev–Trinajstić information content (AvgIpc) is 3.68. The van der Waals surface area contributed by atoms with Crippen LogP contribution in [0.4, 0.5) is 0 Å². The van der Waals surface area contributed by atoms with Crippen molar-refractivity contribution in [2.75, 3.05) is 19.7 Å². The number of hydrogen-bond acceptors (Lipinski definition) is 12. The molecule has 0 radical (unpaired) electrons. The number of aliphatic hydroxyl groups excluding tert-OH is 4. The zero-order valence-electron chi connectivity index (χ0n) is 27.9. The summed E-state index contributed by atoms with van der Waals surface area (Å²) in [5, 5.41) is 66.3. The number of para-hydroxylation sites is 2. The quantitative estimate of drug-likeness (QED) is 0.0945. The van der Waals surface area contributed by atoms with Crippen molar-refractivity contribution in [2.24, 2.45) is 0 Å². The lowest BCUT2D eigenvalue weighted by Crippen LogP contribution is -2.60. The Labute approximate surface area is 295 Å². The van der Waals surface area contributed by atoms with Crippen LogP contribution in [0.1, 0.15) is 28.6 Å². The number of aromatic hydroxyl groups is 2. The number of pyridine rings is 1. The molecule has 268 valence electrons. The number of benzene rings is 3. The fraction of sp³-hybridized carbons (Fsp3) is 0.316. The molecule has 13 nitrogen and oxygen atoms in total. The number of ether oxygens (including phenoxy) is 2. The first-order chi connectivity index (χ1) is 24.8. The molecule has 0 aliphatic carbocycles. The van der Waals surface area contributed by atoms with Gasteiger partial charge in [0.1, 0.15) is 47.8 Å². The van der Waals surface area contributed by atoms with E-state index < -0.39 is 43.5 Å². The second-order valence-corrected chi connectivity index (χ2v) is 12.5. The van der Waals surface area contributed by atoms with Gasteiger partial charge < -0.3 is 40.1 Å². The van der Waals surface area contributed by atoms with Crippen molar-refractivity contribution >= 4 is 0 Å². The maximum atomic E-state index is 10.6. The Balaban J connectivity index is 1.28. The molecule has 1 saturated heterocycles. The predicted molar refractivity (Wildman–Crippen MR) is 186 cm³/mol. The zero-order valence-corrected chi connectivity index (χ0v) is 27.9. The van der Waals surface area contributed by atoms with Crippen molar-refractivity contribution in [1.82, 2.24) is 24.6 Å². The molecular formula is C38H43N5O8. The Hall–Kier alpha value is -4.86. The van der Waals surface area contributed by atoms with Crippen LogP contribution in [-0.2, 0) is 24.4 Å². The van der Waals surface area contributed by atoms with Gasteiger partial charge in [0.2, 0.25) is 6.29 Å². The molecule has 0 bridgehead atoms. The lowest BCUT2D eigenvalue weighted by molar-refractivity contribution is -0.277. The molecule has 0 saturated carbocycles. The highest BCUT2D eigenvalue weighted by Crippen LogP contribution is 2.29. The largest absolute Gasteiger partial charge is 0.508 e. The molecule has 13 heteroatoms. The highest BCUT2D eigenvalue weighted by molar-refractivity contribution is 5.34. The van der Waals surface area contributed by atoms with E-state index in [0.717, 1.165) is 22.4 Å². The van der Waals surface area contributed by atoms with E-state index in [9.17, 15) is 30.6 Å². The van der Waals surface area contributed by atoms with Crippen LogP contribution in [0.2, 0.25) is 0 Å². The summed E-state index contributed by atoms with van der Waals surface area (Å²) in [6, 6.07) is 29.3. The molecule has 1 fully saturated rings. The van der Waals surface area contributed by atoms with Gasteiger partial charge in [-0.1, -0.05) is 54.6 Å². The molecule has 1 aliphatic rings. The van der Waals surface area contributed by atoms with Crippen molar-refractivity contribution in [1.29, 1.82) is 0 Å². The Morgan fingerprint density at radius 1 is 0.725 bits per heavy atom. The number of rotatable bonds is 15. The van der Waals surface area contributed by atoms with Crippen LogP contribution >= 0.6 is 0 Å². The lowest BCUT2D eigenvalue weighted by Gasteiger charge is -2.39. The molecule has 0 spiro atoms. The third kappa shape index (κ3) is 8.90. The summed E-state index contributed by atoms with van der Waals surface area (Å²) in [6.07, 6.45) is -2.03. The van der Waals surface area contributed by atoms with Gasteiger partial charge in [-0.15, -0.1) is 0 Å². The zero-order chi connectivity index (χ0) is 35.7. The second-order valence-electron chi connectivity index (χ2n) is 12.5. The Bertz CT molecular complexity index is 1750. The fourth-order valence-corrected chi connectivity index (χ4v) is 6.22. The molecule has 2 aromatic heterocycles. The van der Waals surface area contributed by atoms with E-state index in [0.29, 0.717) is 38.5 Å². The van der Waals surface area contributed by atoms with E-state index >= 15 is 0 Å². The van der Waals surface area contributed by atoms with Crippen LogP contribution in [-0.4, -0.2) is 106 Å². The number of hydrogen-bond donors (Lipinski definition) is 6. The molecule has 5 aromatic rings. The molecule has 6 rings (SSSR count). The normalized spacial score (nSPS) is 21.2. The van der Waals surface area contributed by atoms with Crippen molar-refractivity contribution in [3.8, 4) is 17.2 Å². The summed E-state index contributed by atoms with van der Waals surface area (Å²) in [5.74, 6) is 0.742. The Morgan fingerprint density at radius 3 is 1.98 bits per heavy atom. The third-order valence-corrected chi connectivity index (χ3v) is 8.97. The van der Waals surface area contributed by atoms with Crippen LogP contribution in [0.25, 0.3) is 0 Å². The summed E-state index contributed by atoms with van der Waals surface area (Å²) in [4.78, 5) is 9.02. The molecule has 1 aliphatic heterocycles. The van der Waals surface area contributed by atoms with E-state index in [4.69, 9.17) is 9.47 Å². The van der Waals surface area contributed by atoms with Gasteiger partial charge in [-0.3, -0.25) is 19.5 Å². The number of phenolic OH excluding ortho intramolecular Hbond substituents is 2. The summed E-state index contributed by atoms with van der Waals surface area (Å²) in [6.45, 7) is 1.87. The van der Waals surface area contributed by atoms with Gasteiger partial charge >= 0.3 is 0 Å². The standard InChI is InChI=1S/C38H43N5O8/c44-25-33-34(47)35(48)36(49)38(51-33)50-30-15-13-26(14-16-30)37(43-19-7-18-40-43)42(24-29-10-5-6-17-39-29)21-20-41(22-27-8-1-3-11-31(27)45)23-28-9-2-4-12-32(28)46/h1-19,33-38,44-49H,20-25H2/t33-,34+,35+,36-,37?,38-/m1/s1. The number of phenols is 2. The number of aromatic nitrogens is 3. The summed E-state index contributed by atoms with van der Waals surface area (Å²) in [7, 11) is 0. The molecule has 51 heavy (non-hydrogen) atoms. The maximum Gasteiger partial charge on any atom is 0.229 e. The smallest absolute Gasteiger partial charge is 0.229 e. The molecule has 0 amide bonds. The van der Waals surface area contributed by atoms with Gasteiger partial charge in [0.05, 0.1) is 12.3 Å². The minimum absolute atomic E-state index is 0.200. The van der Waals surface area contributed by atoms with Crippen molar-refractivity contribution < 1.29 is 40.1 Å².